The van der Waals surface area contributed by atoms with Crippen LogP contribution in [-0.2, 0) is 0 Å². The SMILES string of the molecule is C=CCNc1ccc2ccccc2c1-c1nccc2ccccc12. The number of aromatic nitrogens is 1. The van der Waals surface area contributed by atoms with E-state index in [2.05, 4.69) is 78.6 Å². The molecule has 0 aliphatic heterocycles. The highest BCUT2D eigenvalue weighted by Crippen LogP contribution is 2.37. The normalized spacial score (nSPS) is 10.8. The van der Waals surface area contributed by atoms with Crippen LogP contribution in [0.3, 0.4) is 0 Å². The monoisotopic (exact) mass is 310 g/mol. The van der Waals surface area contributed by atoms with E-state index < -0.39 is 0 Å². The van der Waals surface area contributed by atoms with Gasteiger partial charge in [-0.3, -0.25) is 4.98 Å². The third kappa shape index (κ3) is 2.42. The quantitative estimate of drug-likeness (QED) is 0.492. The van der Waals surface area contributed by atoms with Crippen LogP contribution in [0.1, 0.15) is 0 Å². The fourth-order valence-corrected chi connectivity index (χ4v) is 3.17. The molecule has 0 amide bonds. The van der Waals surface area contributed by atoms with Gasteiger partial charge in [-0.25, -0.2) is 0 Å². The van der Waals surface area contributed by atoms with E-state index in [4.69, 9.17) is 4.98 Å². The summed E-state index contributed by atoms with van der Waals surface area (Å²) in [6.07, 6.45) is 3.76. The topological polar surface area (TPSA) is 24.9 Å². The first-order valence-corrected chi connectivity index (χ1v) is 8.09. The maximum atomic E-state index is 4.73. The van der Waals surface area contributed by atoms with Crippen molar-refractivity contribution in [3.05, 3.63) is 85.6 Å². The van der Waals surface area contributed by atoms with Crippen LogP contribution in [0.15, 0.2) is 85.6 Å². The van der Waals surface area contributed by atoms with Crippen LogP contribution in [-0.4, -0.2) is 11.5 Å². The standard InChI is InChI=1S/C22H18N2/c1-2-14-23-20-12-11-16-7-3-5-9-18(16)21(20)22-19-10-6-4-8-17(19)13-15-24-22/h2-13,15,23H,1,14H2. The fourth-order valence-electron chi connectivity index (χ4n) is 3.17. The molecule has 1 heterocycles. The first kappa shape index (κ1) is 14.5. The second-order valence-corrected chi connectivity index (χ2v) is 5.76. The van der Waals surface area contributed by atoms with Crippen molar-refractivity contribution in [1.82, 2.24) is 4.98 Å². The van der Waals surface area contributed by atoms with E-state index in [9.17, 15) is 0 Å². The maximum Gasteiger partial charge on any atom is 0.0807 e. The molecule has 4 rings (SSSR count). The number of nitrogens with zero attached hydrogens (tertiary/aromatic N) is 1. The first-order chi connectivity index (χ1) is 11.9. The molecule has 0 spiro atoms. The summed E-state index contributed by atoms with van der Waals surface area (Å²) in [5.74, 6) is 0. The molecule has 1 N–H and O–H groups in total. The maximum absolute atomic E-state index is 4.73. The summed E-state index contributed by atoms with van der Waals surface area (Å²) in [5.41, 5.74) is 3.24. The Morgan fingerprint density at radius 1 is 0.833 bits per heavy atom. The summed E-state index contributed by atoms with van der Waals surface area (Å²) in [4.78, 5) is 4.73. The molecule has 0 bridgehead atoms. The summed E-state index contributed by atoms with van der Waals surface area (Å²) in [7, 11) is 0. The van der Waals surface area contributed by atoms with Gasteiger partial charge in [-0.15, -0.1) is 6.58 Å². The highest BCUT2D eigenvalue weighted by atomic mass is 14.9. The Kier molecular flexibility index (Phi) is 3.72. The molecule has 4 aromatic rings. The van der Waals surface area contributed by atoms with Gasteiger partial charge in [-0.1, -0.05) is 60.7 Å². The summed E-state index contributed by atoms with van der Waals surface area (Å²) >= 11 is 0. The van der Waals surface area contributed by atoms with E-state index in [0.29, 0.717) is 0 Å². The predicted octanol–water partition coefficient (Wildman–Crippen LogP) is 5.65. The Bertz CT molecular complexity index is 1030. The van der Waals surface area contributed by atoms with Gasteiger partial charge in [0.25, 0.3) is 0 Å². The van der Waals surface area contributed by atoms with E-state index in [1.54, 1.807) is 0 Å². The highest BCUT2D eigenvalue weighted by molar-refractivity contribution is 6.08. The van der Waals surface area contributed by atoms with Gasteiger partial charge in [0.15, 0.2) is 0 Å². The van der Waals surface area contributed by atoms with Crippen molar-refractivity contribution in [3.8, 4) is 11.3 Å². The minimum atomic E-state index is 0.718. The molecule has 24 heavy (non-hydrogen) atoms. The van der Waals surface area contributed by atoms with Gasteiger partial charge in [0.05, 0.1) is 5.69 Å². The molecule has 0 atom stereocenters. The number of fused-ring (bicyclic) bond motifs is 2. The number of anilines is 1. The Morgan fingerprint density at radius 3 is 2.33 bits per heavy atom. The second-order valence-electron chi connectivity index (χ2n) is 5.76. The van der Waals surface area contributed by atoms with Crippen molar-refractivity contribution >= 4 is 27.2 Å². The highest BCUT2D eigenvalue weighted by Gasteiger charge is 2.13. The van der Waals surface area contributed by atoms with Crippen LogP contribution in [0.2, 0.25) is 0 Å². The molecule has 0 aliphatic carbocycles. The minimum absolute atomic E-state index is 0.718. The summed E-state index contributed by atoms with van der Waals surface area (Å²) in [5, 5.41) is 8.24. The zero-order valence-electron chi connectivity index (χ0n) is 13.4. The minimum Gasteiger partial charge on any atom is -0.381 e. The van der Waals surface area contributed by atoms with Gasteiger partial charge in [-0.05, 0) is 28.3 Å². The van der Waals surface area contributed by atoms with Crippen molar-refractivity contribution in [3.63, 3.8) is 0 Å². The summed E-state index contributed by atoms with van der Waals surface area (Å²) in [6.45, 7) is 4.53. The van der Waals surface area contributed by atoms with Gasteiger partial charge in [0.1, 0.15) is 0 Å². The average Bonchev–Trinajstić information content (AvgIpc) is 2.65. The molecule has 0 fully saturated rings. The van der Waals surface area contributed by atoms with Crippen LogP contribution in [0, 0.1) is 0 Å². The lowest BCUT2D eigenvalue weighted by Crippen LogP contribution is -2.01. The van der Waals surface area contributed by atoms with E-state index in [-0.39, 0.29) is 0 Å². The Labute approximate surface area is 141 Å². The molecule has 0 saturated heterocycles. The molecular weight excluding hydrogens is 292 g/mol. The van der Waals surface area contributed by atoms with Crippen LogP contribution >= 0.6 is 0 Å². The zero-order chi connectivity index (χ0) is 16.4. The number of benzene rings is 3. The summed E-state index contributed by atoms with van der Waals surface area (Å²) in [6, 6.07) is 23.2. The van der Waals surface area contributed by atoms with Gasteiger partial charge in [0.2, 0.25) is 0 Å². The molecule has 2 heteroatoms. The Balaban J connectivity index is 2.08. The van der Waals surface area contributed by atoms with Crippen LogP contribution in [0.5, 0.6) is 0 Å². The second kappa shape index (κ2) is 6.17. The first-order valence-electron chi connectivity index (χ1n) is 8.09. The smallest absolute Gasteiger partial charge is 0.0807 e. The van der Waals surface area contributed by atoms with Crippen molar-refractivity contribution in [2.75, 3.05) is 11.9 Å². The van der Waals surface area contributed by atoms with Crippen molar-refractivity contribution < 1.29 is 0 Å². The van der Waals surface area contributed by atoms with Gasteiger partial charge in [0, 0.05) is 29.4 Å². The zero-order valence-corrected chi connectivity index (χ0v) is 13.4. The largest absolute Gasteiger partial charge is 0.381 e. The van der Waals surface area contributed by atoms with Crippen molar-refractivity contribution in [1.29, 1.82) is 0 Å². The van der Waals surface area contributed by atoms with E-state index in [0.717, 1.165) is 28.9 Å². The number of nitrogens with one attached hydrogen (secondary N) is 1. The number of rotatable bonds is 4. The van der Waals surface area contributed by atoms with E-state index >= 15 is 0 Å². The van der Waals surface area contributed by atoms with Crippen LogP contribution in [0.4, 0.5) is 5.69 Å². The lowest BCUT2D eigenvalue weighted by Gasteiger charge is -2.15. The van der Waals surface area contributed by atoms with E-state index in [1.807, 2.05) is 12.3 Å². The van der Waals surface area contributed by atoms with Gasteiger partial charge >= 0.3 is 0 Å². The Morgan fingerprint density at radius 2 is 1.54 bits per heavy atom. The van der Waals surface area contributed by atoms with Crippen LogP contribution in [0.25, 0.3) is 32.8 Å². The number of hydrogen-bond acceptors (Lipinski definition) is 2. The average molecular weight is 310 g/mol. The lowest BCUT2D eigenvalue weighted by atomic mass is 9.96. The van der Waals surface area contributed by atoms with Crippen molar-refractivity contribution in [2.24, 2.45) is 0 Å². The molecule has 3 aromatic carbocycles. The lowest BCUT2D eigenvalue weighted by molar-refractivity contribution is 1.32. The molecule has 0 aliphatic rings. The van der Waals surface area contributed by atoms with Gasteiger partial charge in [-0.2, -0.15) is 0 Å². The van der Waals surface area contributed by atoms with Gasteiger partial charge < -0.3 is 5.32 Å². The molecule has 2 nitrogen and oxygen atoms in total. The third-order valence-electron chi connectivity index (χ3n) is 4.28. The number of hydrogen-bond donors (Lipinski definition) is 1. The number of pyridine rings is 1. The summed E-state index contributed by atoms with van der Waals surface area (Å²) < 4.78 is 0. The molecule has 0 radical (unpaired) electrons. The molecular formula is C22H18N2. The molecule has 0 saturated carbocycles. The fraction of sp³-hybridized carbons (Fsp3) is 0.0455. The molecule has 0 unspecified atom stereocenters. The predicted molar refractivity (Wildman–Crippen MR) is 103 cm³/mol. The molecule has 1 aromatic heterocycles. The third-order valence-corrected chi connectivity index (χ3v) is 4.28. The molecule has 116 valence electrons. The van der Waals surface area contributed by atoms with Crippen molar-refractivity contribution in [2.45, 2.75) is 0 Å². The Hall–Kier alpha value is -3.13. The van der Waals surface area contributed by atoms with E-state index in [1.165, 1.54) is 16.2 Å². The van der Waals surface area contributed by atoms with Crippen LogP contribution < -0.4 is 5.32 Å².